The van der Waals surface area contributed by atoms with Gasteiger partial charge in [-0.25, -0.2) is 0 Å². The number of ether oxygens (including phenoxy) is 1. The maximum absolute atomic E-state index is 12.7. The molecule has 1 aliphatic heterocycles. The average Bonchev–Trinajstić information content (AvgIpc) is 2.98. The number of rotatable bonds is 9. The third kappa shape index (κ3) is 7.04. The molecule has 5 nitrogen and oxygen atoms in total. The Bertz CT molecular complexity index is 621. The summed E-state index contributed by atoms with van der Waals surface area (Å²) >= 11 is 1.74. The lowest BCUT2D eigenvalue weighted by atomic mass is 10.1. The van der Waals surface area contributed by atoms with E-state index in [-0.39, 0.29) is 17.1 Å². The second kappa shape index (κ2) is 12.0. The summed E-state index contributed by atoms with van der Waals surface area (Å²) in [4.78, 5) is 29.2. The summed E-state index contributed by atoms with van der Waals surface area (Å²) in [7, 11) is 1.65. The fraction of sp³-hybridized carbons (Fsp3) is 0.636. The number of thioether (sulfide) groups is 1. The SMILES string of the molecule is CCCCSC(C)C(=O)N1CCCN(C(=O)CCc2ccc(OC)cc2)CC1. The van der Waals surface area contributed by atoms with Crippen molar-refractivity contribution in [1.82, 2.24) is 9.80 Å². The molecule has 1 aromatic rings. The van der Waals surface area contributed by atoms with Crippen LogP contribution in [-0.2, 0) is 16.0 Å². The van der Waals surface area contributed by atoms with Crippen LogP contribution in [0.15, 0.2) is 24.3 Å². The van der Waals surface area contributed by atoms with Gasteiger partial charge in [-0.15, -0.1) is 11.8 Å². The Kier molecular flexibility index (Phi) is 9.68. The fourth-order valence-corrected chi connectivity index (χ4v) is 4.42. The molecule has 1 aromatic carbocycles. The first kappa shape index (κ1) is 22.6. The highest BCUT2D eigenvalue weighted by Gasteiger charge is 2.25. The van der Waals surface area contributed by atoms with Crippen LogP contribution in [0.5, 0.6) is 5.75 Å². The predicted molar refractivity (Wildman–Crippen MR) is 116 cm³/mol. The summed E-state index contributed by atoms with van der Waals surface area (Å²) in [6.45, 7) is 6.95. The number of carbonyl (C=O) groups is 2. The van der Waals surface area contributed by atoms with E-state index in [4.69, 9.17) is 4.74 Å². The Balaban J connectivity index is 1.78. The highest BCUT2D eigenvalue weighted by Crippen LogP contribution is 2.17. The van der Waals surface area contributed by atoms with Gasteiger partial charge in [-0.3, -0.25) is 9.59 Å². The molecule has 0 bridgehead atoms. The molecule has 6 heteroatoms. The molecule has 1 saturated heterocycles. The second-order valence-corrected chi connectivity index (χ2v) is 8.72. The van der Waals surface area contributed by atoms with Gasteiger partial charge in [0.05, 0.1) is 12.4 Å². The quantitative estimate of drug-likeness (QED) is 0.588. The molecule has 1 aliphatic rings. The van der Waals surface area contributed by atoms with Crippen molar-refractivity contribution in [3.63, 3.8) is 0 Å². The molecule has 0 aromatic heterocycles. The van der Waals surface area contributed by atoms with Crippen LogP contribution >= 0.6 is 11.8 Å². The molecular formula is C22H34N2O3S. The first-order chi connectivity index (χ1) is 13.5. The van der Waals surface area contributed by atoms with Gasteiger partial charge in [0.1, 0.15) is 5.75 Å². The highest BCUT2D eigenvalue weighted by atomic mass is 32.2. The van der Waals surface area contributed by atoms with E-state index >= 15 is 0 Å². The summed E-state index contributed by atoms with van der Waals surface area (Å²) in [5, 5.41) is 0.00359. The van der Waals surface area contributed by atoms with Gasteiger partial charge in [-0.05, 0) is 49.6 Å². The molecule has 1 unspecified atom stereocenters. The first-order valence-corrected chi connectivity index (χ1v) is 11.4. The molecule has 1 heterocycles. The predicted octanol–water partition coefficient (Wildman–Crippen LogP) is 3.61. The zero-order chi connectivity index (χ0) is 20.4. The van der Waals surface area contributed by atoms with Gasteiger partial charge in [0, 0.05) is 32.6 Å². The third-order valence-corrected chi connectivity index (χ3v) is 6.39. The second-order valence-electron chi connectivity index (χ2n) is 7.27. The maximum atomic E-state index is 12.7. The van der Waals surface area contributed by atoms with Crippen LogP contribution in [0.25, 0.3) is 0 Å². The van der Waals surface area contributed by atoms with Crippen LogP contribution in [-0.4, -0.2) is 65.9 Å². The van der Waals surface area contributed by atoms with Crippen LogP contribution < -0.4 is 4.74 Å². The molecule has 2 rings (SSSR count). The first-order valence-electron chi connectivity index (χ1n) is 10.4. The van der Waals surface area contributed by atoms with Crippen molar-refractivity contribution in [2.75, 3.05) is 39.0 Å². The van der Waals surface area contributed by atoms with E-state index in [1.807, 2.05) is 41.0 Å². The third-order valence-electron chi connectivity index (χ3n) is 5.16. The van der Waals surface area contributed by atoms with Crippen LogP contribution in [0.2, 0.25) is 0 Å². The van der Waals surface area contributed by atoms with Gasteiger partial charge in [-0.1, -0.05) is 25.5 Å². The maximum Gasteiger partial charge on any atom is 0.235 e. The number of benzene rings is 1. The van der Waals surface area contributed by atoms with Crippen molar-refractivity contribution in [2.24, 2.45) is 0 Å². The number of methoxy groups -OCH3 is 1. The number of unbranched alkanes of at least 4 members (excludes halogenated alkanes) is 1. The summed E-state index contributed by atoms with van der Waals surface area (Å²) in [6, 6.07) is 7.86. The molecule has 28 heavy (non-hydrogen) atoms. The van der Waals surface area contributed by atoms with Crippen LogP contribution in [0.1, 0.15) is 45.1 Å². The van der Waals surface area contributed by atoms with E-state index in [2.05, 4.69) is 6.92 Å². The molecule has 0 spiro atoms. The van der Waals surface area contributed by atoms with Crippen molar-refractivity contribution in [3.8, 4) is 5.75 Å². The minimum Gasteiger partial charge on any atom is -0.497 e. The van der Waals surface area contributed by atoms with Gasteiger partial charge in [-0.2, -0.15) is 0 Å². The molecule has 1 fully saturated rings. The summed E-state index contributed by atoms with van der Waals surface area (Å²) in [6.07, 6.45) is 4.40. The average molecular weight is 407 g/mol. The van der Waals surface area contributed by atoms with Gasteiger partial charge in [0.15, 0.2) is 0 Å². The Hall–Kier alpha value is -1.69. The van der Waals surface area contributed by atoms with Crippen LogP contribution in [0.4, 0.5) is 0 Å². The van der Waals surface area contributed by atoms with E-state index in [9.17, 15) is 9.59 Å². The lowest BCUT2D eigenvalue weighted by molar-refractivity contribution is -0.133. The minimum atomic E-state index is 0.00359. The normalized spacial score (nSPS) is 15.8. The molecule has 156 valence electrons. The molecule has 0 N–H and O–H groups in total. The highest BCUT2D eigenvalue weighted by molar-refractivity contribution is 8.00. The number of hydrogen-bond donors (Lipinski definition) is 0. The topological polar surface area (TPSA) is 49.9 Å². The van der Waals surface area contributed by atoms with Gasteiger partial charge in [0.2, 0.25) is 11.8 Å². The van der Waals surface area contributed by atoms with Crippen LogP contribution in [0, 0.1) is 0 Å². The molecule has 0 saturated carbocycles. The van der Waals surface area contributed by atoms with Crippen molar-refractivity contribution in [2.45, 2.75) is 51.2 Å². The summed E-state index contributed by atoms with van der Waals surface area (Å²) in [5.74, 6) is 2.26. The Labute approximate surface area is 173 Å². The van der Waals surface area contributed by atoms with E-state index in [1.54, 1.807) is 18.9 Å². The monoisotopic (exact) mass is 406 g/mol. The molecule has 0 radical (unpaired) electrons. The lowest BCUT2D eigenvalue weighted by Gasteiger charge is -2.24. The molecule has 2 amide bonds. The Morgan fingerprint density at radius 2 is 1.79 bits per heavy atom. The van der Waals surface area contributed by atoms with E-state index < -0.39 is 0 Å². The van der Waals surface area contributed by atoms with E-state index in [0.717, 1.165) is 55.8 Å². The minimum absolute atomic E-state index is 0.00359. The number of amides is 2. The largest absolute Gasteiger partial charge is 0.497 e. The Morgan fingerprint density at radius 3 is 2.46 bits per heavy atom. The number of aryl methyl sites for hydroxylation is 1. The van der Waals surface area contributed by atoms with Crippen molar-refractivity contribution < 1.29 is 14.3 Å². The zero-order valence-electron chi connectivity index (χ0n) is 17.5. The Morgan fingerprint density at radius 1 is 1.11 bits per heavy atom. The molecular weight excluding hydrogens is 372 g/mol. The van der Waals surface area contributed by atoms with E-state index in [0.29, 0.717) is 19.5 Å². The fourth-order valence-electron chi connectivity index (χ4n) is 3.32. The zero-order valence-corrected chi connectivity index (χ0v) is 18.3. The smallest absolute Gasteiger partial charge is 0.235 e. The molecule has 1 atom stereocenters. The standard InChI is InChI=1S/C22H34N2O3S/c1-4-5-17-28-18(2)22(26)24-14-6-13-23(15-16-24)21(25)12-9-19-7-10-20(27-3)11-8-19/h7-8,10-11,18H,4-6,9,12-17H2,1-3H3. The number of hydrogen-bond acceptors (Lipinski definition) is 4. The molecule has 0 aliphatic carbocycles. The van der Waals surface area contributed by atoms with E-state index in [1.165, 1.54) is 0 Å². The van der Waals surface area contributed by atoms with Crippen molar-refractivity contribution in [1.29, 1.82) is 0 Å². The number of carbonyl (C=O) groups excluding carboxylic acids is 2. The summed E-state index contributed by atoms with van der Waals surface area (Å²) < 4.78 is 5.17. The number of nitrogens with zero attached hydrogens (tertiary/aromatic N) is 2. The van der Waals surface area contributed by atoms with Crippen molar-refractivity contribution >= 4 is 23.6 Å². The van der Waals surface area contributed by atoms with Gasteiger partial charge in [0.25, 0.3) is 0 Å². The summed E-state index contributed by atoms with van der Waals surface area (Å²) in [5.41, 5.74) is 1.14. The van der Waals surface area contributed by atoms with Crippen LogP contribution in [0.3, 0.4) is 0 Å². The van der Waals surface area contributed by atoms with Gasteiger partial charge >= 0.3 is 0 Å². The van der Waals surface area contributed by atoms with Crippen molar-refractivity contribution in [3.05, 3.63) is 29.8 Å². The van der Waals surface area contributed by atoms with Gasteiger partial charge < -0.3 is 14.5 Å². The lowest BCUT2D eigenvalue weighted by Crippen LogP contribution is -2.40.